The van der Waals surface area contributed by atoms with Gasteiger partial charge in [-0.25, -0.2) is 13.1 Å². The maximum atomic E-state index is 10.9. The van der Waals surface area contributed by atoms with Crippen molar-refractivity contribution < 1.29 is 8.42 Å². The van der Waals surface area contributed by atoms with E-state index < -0.39 is 10.0 Å². The van der Waals surface area contributed by atoms with Crippen LogP contribution in [0, 0.1) is 11.8 Å². The number of piperidine rings is 1. The summed E-state index contributed by atoms with van der Waals surface area (Å²) in [7, 11) is -3.03. The molecule has 84 valence electrons. The molecule has 3 unspecified atom stereocenters. The van der Waals surface area contributed by atoms with Crippen LogP contribution in [0.15, 0.2) is 0 Å². The summed E-state index contributed by atoms with van der Waals surface area (Å²) in [4.78, 5) is 0. The molecule has 2 N–H and O–H groups in total. The molecule has 14 heavy (non-hydrogen) atoms. The minimum absolute atomic E-state index is 0.427. The highest BCUT2D eigenvalue weighted by Crippen LogP contribution is 2.19. The third kappa shape index (κ3) is 3.94. The van der Waals surface area contributed by atoms with Gasteiger partial charge in [-0.1, -0.05) is 6.92 Å². The highest BCUT2D eigenvalue weighted by molar-refractivity contribution is 7.88. The Morgan fingerprint density at radius 1 is 1.43 bits per heavy atom. The smallest absolute Gasteiger partial charge is 0.208 e. The summed E-state index contributed by atoms with van der Waals surface area (Å²) >= 11 is 0. The van der Waals surface area contributed by atoms with Crippen molar-refractivity contribution >= 4 is 10.0 Å². The molecule has 0 aliphatic carbocycles. The van der Waals surface area contributed by atoms with Gasteiger partial charge < -0.3 is 5.32 Å². The third-order valence-corrected chi connectivity index (χ3v) is 3.61. The van der Waals surface area contributed by atoms with E-state index >= 15 is 0 Å². The first-order valence-electron chi connectivity index (χ1n) is 5.06. The molecule has 0 aromatic rings. The molecule has 1 aliphatic heterocycles. The van der Waals surface area contributed by atoms with E-state index in [0.717, 1.165) is 13.0 Å². The van der Waals surface area contributed by atoms with Crippen LogP contribution < -0.4 is 10.0 Å². The minimum atomic E-state index is -3.03. The Morgan fingerprint density at radius 2 is 2.07 bits per heavy atom. The number of sulfonamides is 1. The second kappa shape index (κ2) is 4.59. The molecule has 4 nitrogen and oxygen atoms in total. The molecule has 1 rings (SSSR count). The molecule has 0 bridgehead atoms. The minimum Gasteiger partial charge on any atom is -0.314 e. The summed E-state index contributed by atoms with van der Waals surface area (Å²) in [5, 5.41) is 3.38. The van der Waals surface area contributed by atoms with Gasteiger partial charge in [0.1, 0.15) is 0 Å². The molecular formula is C9H20N2O2S. The summed E-state index contributed by atoms with van der Waals surface area (Å²) in [5.41, 5.74) is 0. The van der Waals surface area contributed by atoms with Crippen LogP contribution in [0.4, 0.5) is 0 Å². The fourth-order valence-electron chi connectivity index (χ4n) is 1.79. The molecular weight excluding hydrogens is 200 g/mol. The normalized spacial score (nSPS) is 34.4. The van der Waals surface area contributed by atoms with Gasteiger partial charge in [-0.05, 0) is 31.7 Å². The summed E-state index contributed by atoms with van der Waals surface area (Å²) in [6.07, 6.45) is 2.30. The number of hydrogen-bond acceptors (Lipinski definition) is 3. The molecule has 5 heteroatoms. The van der Waals surface area contributed by atoms with Crippen LogP contribution in [0.2, 0.25) is 0 Å². The summed E-state index contributed by atoms with van der Waals surface area (Å²) < 4.78 is 24.3. The second-order valence-corrected chi connectivity index (χ2v) is 6.23. The van der Waals surface area contributed by atoms with Crippen LogP contribution in [0.3, 0.4) is 0 Å². The average Bonchev–Trinajstić information content (AvgIpc) is 2.06. The summed E-state index contributed by atoms with van der Waals surface area (Å²) in [5.74, 6) is 1.05. The van der Waals surface area contributed by atoms with Gasteiger partial charge >= 0.3 is 0 Å². The Balaban J connectivity index is 2.34. The van der Waals surface area contributed by atoms with Crippen molar-refractivity contribution in [2.24, 2.45) is 11.8 Å². The Hall–Kier alpha value is -0.130. The molecule has 0 aromatic heterocycles. The van der Waals surface area contributed by atoms with E-state index in [0.29, 0.717) is 24.4 Å². The van der Waals surface area contributed by atoms with Gasteiger partial charge in [0.25, 0.3) is 0 Å². The van der Waals surface area contributed by atoms with Gasteiger partial charge in [-0.3, -0.25) is 0 Å². The van der Waals surface area contributed by atoms with Gasteiger partial charge in [0.2, 0.25) is 10.0 Å². The summed E-state index contributed by atoms with van der Waals surface area (Å²) in [6.45, 7) is 5.84. The first kappa shape index (κ1) is 11.9. The predicted octanol–water partition coefficient (Wildman–Crippen LogP) is 0.170. The van der Waals surface area contributed by atoms with Gasteiger partial charge in [0, 0.05) is 12.6 Å². The SMILES string of the molecule is CC1CC(CNS(C)(=O)=O)CNC1C. The van der Waals surface area contributed by atoms with Gasteiger partial charge in [0.15, 0.2) is 0 Å². The molecule has 3 atom stereocenters. The van der Waals surface area contributed by atoms with Crippen molar-refractivity contribution in [2.45, 2.75) is 26.3 Å². The van der Waals surface area contributed by atoms with Crippen LogP contribution in [0.25, 0.3) is 0 Å². The van der Waals surface area contributed by atoms with E-state index in [2.05, 4.69) is 23.9 Å². The molecule has 1 fully saturated rings. The standard InChI is InChI=1S/C9H20N2O2S/c1-7-4-9(5-10-8(7)2)6-11-14(3,12)13/h7-11H,4-6H2,1-3H3. The molecule has 0 radical (unpaired) electrons. The largest absolute Gasteiger partial charge is 0.314 e. The zero-order valence-electron chi connectivity index (χ0n) is 9.08. The van der Waals surface area contributed by atoms with Crippen molar-refractivity contribution in [3.8, 4) is 0 Å². The second-order valence-electron chi connectivity index (χ2n) is 4.40. The Labute approximate surface area is 86.5 Å². The lowest BCUT2D eigenvalue weighted by Gasteiger charge is -2.33. The van der Waals surface area contributed by atoms with Crippen LogP contribution in [0.1, 0.15) is 20.3 Å². The molecule has 0 aromatic carbocycles. The van der Waals surface area contributed by atoms with Crippen LogP contribution >= 0.6 is 0 Å². The maximum Gasteiger partial charge on any atom is 0.208 e. The number of hydrogen-bond donors (Lipinski definition) is 2. The van der Waals surface area contributed by atoms with Crippen LogP contribution in [0.5, 0.6) is 0 Å². The zero-order chi connectivity index (χ0) is 10.8. The fourth-order valence-corrected chi connectivity index (χ4v) is 2.33. The monoisotopic (exact) mass is 220 g/mol. The van der Waals surface area contributed by atoms with Crippen molar-refractivity contribution in [3.05, 3.63) is 0 Å². The third-order valence-electron chi connectivity index (χ3n) is 2.92. The number of nitrogens with one attached hydrogen (secondary N) is 2. The topological polar surface area (TPSA) is 58.2 Å². The highest BCUT2D eigenvalue weighted by atomic mass is 32.2. The molecule has 1 heterocycles. The fraction of sp³-hybridized carbons (Fsp3) is 1.00. The number of rotatable bonds is 3. The van der Waals surface area contributed by atoms with Gasteiger partial charge in [0.05, 0.1) is 6.26 Å². The predicted molar refractivity (Wildman–Crippen MR) is 57.6 cm³/mol. The van der Waals surface area contributed by atoms with E-state index in [1.807, 2.05) is 0 Å². The average molecular weight is 220 g/mol. The van der Waals surface area contributed by atoms with Crippen molar-refractivity contribution in [1.82, 2.24) is 10.0 Å². The molecule has 0 spiro atoms. The van der Waals surface area contributed by atoms with Gasteiger partial charge in [-0.2, -0.15) is 0 Å². The van der Waals surface area contributed by atoms with Gasteiger partial charge in [-0.15, -0.1) is 0 Å². The molecule has 1 aliphatic rings. The maximum absolute atomic E-state index is 10.9. The summed E-state index contributed by atoms with van der Waals surface area (Å²) in [6, 6.07) is 0.546. The Bertz CT molecular complexity index is 277. The molecule has 1 saturated heterocycles. The van der Waals surface area contributed by atoms with E-state index in [4.69, 9.17) is 0 Å². The van der Waals surface area contributed by atoms with E-state index in [1.54, 1.807) is 0 Å². The zero-order valence-corrected chi connectivity index (χ0v) is 9.89. The first-order chi connectivity index (χ1) is 6.38. The van der Waals surface area contributed by atoms with Crippen molar-refractivity contribution in [3.63, 3.8) is 0 Å². The lowest BCUT2D eigenvalue weighted by Crippen LogP contribution is -2.45. The molecule has 0 amide bonds. The van der Waals surface area contributed by atoms with E-state index in [1.165, 1.54) is 6.26 Å². The van der Waals surface area contributed by atoms with Crippen molar-refractivity contribution in [2.75, 3.05) is 19.3 Å². The lowest BCUT2D eigenvalue weighted by atomic mass is 9.87. The molecule has 0 saturated carbocycles. The highest BCUT2D eigenvalue weighted by Gasteiger charge is 2.24. The Morgan fingerprint density at radius 3 is 2.57 bits per heavy atom. The van der Waals surface area contributed by atoms with Crippen LogP contribution in [-0.4, -0.2) is 33.8 Å². The first-order valence-corrected chi connectivity index (χ1v) is 6.95. The van der Waals surface area contributed by atoms with Crippen LogP contribution in [-0.2, 0) is 10.0 Å². The van der Waals surface area contributed by atoms with Crippen molar-refractivity contribution in [1.29, 1.82) is 0 Å². The lowest BCUT2D eigenvalue weighted by molar-refractivity contribution is 0.245. The van der Waals surface area contributed by atoms with E-state index in [9.17, 15) is 8.42 Å². The Kier molecular flexibility index (Phi) is 3.92. The quantitative estimate of drug-likeness (QED) is 0.713. The van der Waals surface area contributed by atoms with E-state index in [-0.39, 0.29) is 0 Å².